The van der Waals surface area contributed by atoms with Gasteiger partial charge in [-0.15, -0.1) is 0 Å². The summed E-state index contributed by atoms with van der Waals surface area (Å²) in [4.78, 5) is 24.8. The number of thioether (sulfide) groups is 1. The highest BCUT2D eigenvalue weighted by Gasteiger charge is 2.24. The van der Waals surface area contributed by atoms with Gasteiger partial charge in [-0.3, -0.25) is 9.78 Å². The fourth-order valence-corrected chi connectivity index (χ4v) is 4.56. The van der Waals surface area contributed by atoms with Gasteiger partial charge < -0.3 is 15.4 Å². The molecule has 0 aliphatic heterocycles. The molecule has 1 aliphatic rings. The summed E-state index contributed by atoms with van der Waals surface area (Å²) < 4.78 is 6.33. The molecule has 32 heavy (non-hydrogen) atoms. The molecule has 7 nitrogen and oxygen atoms in total. The number of benzene rings is 1. The minimum Gasteiger partial charge on any atom is -0.487 e. The molecule has 1 saturated carbocycles. The summed E-state index contributed by atoms with van der Waals surface area (Å²) in [6.07, 6.45) is 9.09. The Hall–Kier alpha value is -2.58. The average Bonchev–Trinajstić information content (AvgIpc) is 2.77. The summed E-state index contributed by atoms with van der Waals surface area (Å²) in [6.45, 7) is 1.55. The van der Waals surface area contributed by atoms with E-state index in [1.807, 2.05) is 30.5 Å². The molecule has 0 atom stereocenters. The molecular weight excluding hydrogens is 446 g/mol. The predicted octanol–water partition coefficient (Wildman–Crippen LogP) is 5.11. The van der Waals surface area contributed by atoms with Crippen molar-refractivity contribution in [2.75, 3.05) is 11.6 Å². The van der Waals surface area contributed by atoms with Crippen molar-refractivity contribution >= 4 is 51.8 Å². The smallest absolute Gasteiger partial charge is 0.227 e. The fraction of sp³-hybridized carbons (Fsp3) is 0.391. The minimum atomic E-state index is 0.0120. The molecule has 2 aromatic heterocycles. The lowest BCUT2D eigenvalue weighted by Crippen LogP contribution is -2.38. The number of pyridine rings is 1. The first kappa shape index (κ1) is 22.6. The first-order chi connectivity index (χ1) is 15.5. The predicted molar refractivity (Wildman–Crippen MR) is 130 cm³/mol. The van der Waals surface area contributed by atoms with E-state index in [-0.39, 0.29) is 18.1 Å². The van der Waals surface area contributed by atoms with Gasteiger partial charge in [-0.1, -0.05) is 11.6 Å². The van der Waals surface area contributed by atoms with Crippen LogP contribution in [0.5, 0.6) is 5.75 Å². The zero-order valence-corrected chi connectivity index (χ0v) is 19.7. The van der Waals surface area contributed by atoms with E-state index in [0.717, 1.165) is 48.2 Å². The molecule has 1 aliphatic carbocycles. The molecule has 1 fully saturated rings. The highest BCUT2D eigenvalue weighted by molar-refractivity contribution is 7.97. The average molecular weight is 472 g/mol. The van der Waals surface area contributed by atoms with Crippen LogP contribution in [0.15, 0.2) is 36.7 Å². The Kier molecular flexibility index (Phi) is 7.32. The van der Waals surface area contributed by atoms with Gasteiger partial charge in [0.2, 0.25) is 11.9 Å². The van der Waals surface area contributed by atoms with Gasteiger partial charge in [0.15, 0.2) is 5.75 Å². The first-order valence-corrected chi connectivity index (χ1v) is 12.4. The Labute approximate surface area is 196 Å². The maximum atomic E-state index is 11.3. The molecule has 0 spiro atoms. The summed E-state index contributed by atoms with van der Waals surface area (Å²) in [6, 6.07) is 7.80. The van der Waals surface area contributed by atoms with Gasteiger partial charge in [-0.25, -0.2) is 9.97 Å². The monoisotopic (exact) mass is 471 g/mol. The van der Waals surface area contributed by atoms with Crippen LogP contribution in [0.4, 0.5) is 11.6 Å². The van der Waals surface area contributed by atoms with Gasteiger partial charge in [-0.2, -0.15) is 11.8 Å². The third-order valence-electron chi connectivity index (χ3n) is 5.39. The molecular formula is C23H26ClN5O2S. The lowest BCUT2D eigenvalue weighted by molar-refractivity contribution is -0.120. The highest BCUT2D eigenvalue weighted by atomic mass is 35.5. The maximum absolute atomic E-state index is 11.3. The number of carbonyl (C=O) groups is 1. The van der Waals surface area contributed by atoms with Crippen molar-refractivity contribution in [1.82, 2.24) is 20.3 Å². The van der Waals surface area contributed by atoms with Crippen LogP contribution in [0.2, 0.25) is 5.02 Å². The number of halogens is 1. The van der Waals surface area contributed by atoms with Crippen molar-refractivity contribution in [2.24, 2.45) is 0 Å². The number of rotatable bonds is 7. The van der Waals surface area contributed by atoms with Crippen molar-refractivity contribution in [1.29, 1.82) is 0 Å². The third-order valence-corrected chi connectivity index (χ3v) is 6.27. The summed E-state index contributed by atoms with van der Waals surface area (Å²) >= 11 is 8.24. The molecule has 1 aromatic carbocycles. The van der Waals surface area contributed by atoms with E-state index < -0.39 is 0 Å². The van der Waals surface area contributed by atoms with Gasteiger partial charge in [0, 0.05) is 42.2 Å². The topological polar surface area (TPSA) is 89.0 Å². The zero-order valence-electron chi connectivity index (χ0n) is 18.1. The molecule has 1 amide bonds. The zero-order chi connectivity index (χ0) is 22.5. The molecule has 4 rings (SSSR count). The molecule has 0 saturated heterocycles. The summed E-state index contributed by atoms with van der Waals surface area (Å²) in [7, 11) is 0. The molecule has 0 unspecified atom stereocenters. The Balaban J connectivity index is 1.53. The van der Waals surface area contributed by atoms with Crippen LogP contribution in [0.25, 0.3) is 10.9 Å². The number of nitrogens with one attached hydrogen (secondary N) is 2. The van der Waals surface area contributed by atoms with E-state index in [4.69, 9.17) is 21.3 Å². The molecule has 3 aromatic rings. The number of aromatic nitrogens is 3. The molecule has 9 heteroatoms. The summed E-state index contributed by atoms with van der Waals surface area (Å²) in [5, 5.41) is 7.64. The number of hydrogen-bond donors (Lipinski definition) is 2. The second-order valence-electron chi connectivity index (χ2n) is 7.89. The van der Waals surface area contributed by atoms with Crippen LogP contribution in [-0.4, -0.2) is 39.3 Å². The van der Waals surface area contributed by atoms with Gasteiger partial charge >= 0.3 is 0 Å². The Morgan fingerprint density at radius 2 is 2.03 bits per heavy atom. The number of hydrogen-bond acceptors (Lipinski definition) is 7. The molecule has 2 heterocycles. The van der Waals surface area contributed by atoms with Crippen molar-refractivity contribution in [3.8, 4) is 5.75 Å². The SMILES string of the molecule is CSCc1cc(Nc2ncc3ccc(Cl)c(O[C@H]4CC[C@@H](NC(C)=O)CC4)c3n2)ccn1. The van der Waals surface area contributed by atoms with Crippen LogP contribution < -0.4 is 15.4 Å². The standard InChI is InChI=1S/C23H26ClN5O2S/c1-14(30)27-16-4-6-19(7-5-16)31-22-20(24)8-3-15-12-26-23(29-21(15)22)28-17-9-10-25-18(11-17)13-32-2/h3,8-12,16,19H,4-7,13H2,1-2H3,(H,27,30)(H,25,26,28,29)/t16-,19+. The van der Waals surface area contributed by atoms with Crippen LogP contribution in [-0.2, 0) is 10.5 Å². The largest absolute Gasteiger partial charge is 0.487 e. The number of carbonyl (C=O) groups excluding carboxylic acids is 1. The lowest BCUT2D eigenvalue weighted by atomic mass is 9.93. The molecule has 0 radical (unpaired) electrons. The normalized spacial score (nSPS) is 18.3. The Morgan fingerprint density at radius 3 is 2.78 bits per heavy atom. The summed E-state index contributed by atoms with van der Waals surface area (Å²) in [5.41, 5.74) is 2.55. The minimum absolute atomic E-state index is 0.0120. The maximum Gasteiger partial charge on any atom is 0.227 e. The highest BCUT2D eigenvalue weighted by Crippen LogP contribution is 2.35. The fourth-order valence-electron chi connectivity index (χ4n) is 3.91. The second-order valence-corrected chi connectivity index (χ2v) is 9.17. The first-order valence-electron chi connectivity index (χ1n) is 10.6. The Bertz CT molecular complexity index is 1100. The second kappa shape index (κ2) is 10.4. The van der Waals surface area contributed by atoms with Gasteiger partial charge in [0.1, 0.15) is 5.52 Å². The quantitative estimate of drug-likeness (QED) is 0.494. The van der Waals surface area contributed by atoms with Crippen molar-refractivity contribution in [3.05, 3.63) is 47.4 Å². The Morgan fingerprint density at radius 1 is 1.22 bits per heavy atom. The number of fused-ring (bicyclic) bond motifs is 1. The van der Waals surface area contributed by atoms with Crippen molar-refractivity contribution < 1.29 is 9.53 Å². The van der Waals surface area contributed by atoms with E-state index in [1.165, 1.54) is 0 Å². The van der Waals surface area contributed by atoms with Gasteiger partial charge in [0.25, 0.3) is 0 Å². The molecule has 2 N–H and O–H groups in total. The summed E-state index contributed by atoms with van der Waals surface area (Å²) in [5.74, 6) is 1.90. The van der Waals surface area contributed by atoms with Crippen molar-refractivity contribution in [3.63, 3.8) is 0 Å². The van der Waals surface area contributed by atoms with E-state index in [0.29, 0.717) is 22.2 Å². The van der Waals surface area contributed by atoms with Crippen LogP contribution >= 0.6 is 23.4 Å². The number of amides is 1. The van der Waals surface area contributed by atoms with E-state index in [9.17, 15) is 4.79 Å². The number of nitrogens with zero attached hydrogens (tertiary/aromatic N) is 3. The van der Waals surface area contributed by atoms with Crippen LogP contribution in [0.1, 0.15) is 38.3 Å². The third kappa shape index (κ3) is 5.61. The van der Waals surface area contributed by atoms with Crippen LogP contribution in [0, 0.1) is 0 Å². The molecule has 0 bridgehead atoms. The van der Waals surface area contributed by atoms with Gasteiger partial charge in [-0.05, 0) is 56.2 Å². The number of anilines is 2. The van der Waals surface area contributed by atoms with Crippen molar-refractivity contribution in [2.45, 2.75) is 50.5 Å². The van der Waals surface area contributed by atoms with Gasteiger partial charge in [0.05, 0.1) is 16.8 Å². The number of ether oxygens (including phenoxy) is 1. The molecule has 168 valence electrons. The lowest BCUT2D eigenvalue weighted by Gasteiger charge is -2.29. The van der Waals surface area contributed by atoms with Crippen LogP contribution in [0.3, 0.4) is 0 Å². The van der Waals surface area contributed by atoms with E-state index in [1.54, 1.807) is 31.1 Å². The van der Waals surface area contributed by atoms with E-state index >= 15 is 0 Å². The van der Waals surface area contributed by atoms with E-state index in [2.05, 4.69) is 20.6 Å².